The Balaban J connectivity index is 1.95. The quantitative estimate of drug-likeness (QED) is 0.822. The van der Waals surface area contributed by atoms with Gasteiger partial charge in [-0.25, -0.2) is 8.42 Å². The molecule has 1 atom stereocenters. The van der Waals surface area contributed by atoms with Gasteiger partial charge in [-0.3, -0.25) is 4.68 Å². The van der Waals surface area contributed by atoms with E-state index >= 15 is 0 Å². The van der Waals surface area contributed by atoms with Crippen molar-refractivity contribution in [2.45, 2.75) is 52.2 Å². The number of morpholine rings is 1. The maximum Gasteiger partial charge on any atom is 0.243 e. The molecule has 1 aromatic heterocycles. The molecular weight excluding hydrogens is 350 g/mol. The van der Waals surface area contributed by atoms with Crippen molar-refractivity contribution in [2.75, 3.05) is 19.7 Å². The Morgan fingerprint density at radius 1 is 1.19 bits per heavy atom. The van der Waals surface area contributed by atoms with E-state index in [0.717, 1.165) is 34.4 Å². The van der Waals surface area contributed by atoms with Crippen LogP contribution in [0.5, 0.6) is 0 Å². The molecule has 26 heavy (non-hydrogen) atoms. The molecule has 0 bridgehead atoms. The van der Waals surface area contributed by atoms with E-state index in [0.29, 0.717) is 24.6 Å². The molecule has 1 aromatic carbocycles. The third kappa shape index (κ3) is 3.31. The van der Waals surface area contributed by atoms with E-state index < -0.39 is 10.0 Å². The fraction of sp³-hybridized carbons (Fsp3) is 0.526. The number of ether oxygens (including phenoxy) is 1. The molecule has 1 unspecified atom stereocenters. The normalized spacial score (nSPS) is 19.0. The smallest absolute Gasteiger partial charge is 0.243 e. The van der Waals surface area contributed by atoms with Gasteiger partial charge in [-0.05, 0) is 56.9 Å². The minimum Gasteiger partial charge on any atom is -0.371 e. The van der Waals surface area contributed by atoms with Crippen LogP contribution in [0.2, 0.25) is 0 Å². The Kier molecular flexibility index (Phi) is 5.23. The van der Waals surface area contributed by atoms with Crippen LogP contribution in [0.4, 0.5) is 0 Å². The van der Waals surface area contributed by atoms with Gasteiger partial charge in [-0.1, -0.05) is 6.07 Å². The Labute approximate surface area is 155 Å². The molecule has 1 aliphatic rings. The van der Waals surface area contributed by atoms with Crippen LogP contribution in [0.15, 0.2) is 23.4 Å². The summed E-state index contributed by atoms with van der Waals surface area (Å²) in [6.07, 6.45) is 3.40. The average molecular weight is 378 g/mol. The molecule has 0 saturated carbocycles. The lowest BCUT2D eigenvalue weighted by Crippen LogP contribution is -2.42. The number of hydrogen-bond donors (Lipinski definition) is 0. The predicted octanol–water partition coefficient (Wildman–Crippen LogP) is 2.90. The van der Waals surface area contributed by atoms with Crippen LogP contribution < -0.4 is 0 Å². The van der Waals surface area contributed by atoms with Gasteiger partial charge in [0, 0.05) is 31.4 Å². The van der Waals surface area contributed by atoms with Crippen LogP contribution in [0.25, 0.3) is 0 Å². The van der Waals surface area contributed by atoms with Crippen LogP contribution in [0.1, 0.15) is 40.8 Å². The largest absolute Gasteiger partial charge is 0.371 e. The van der Waals surface area contributed by atoms with Gasteiger partial charge in [0.1, 0.15) is 0 Å². The molecule has 0 spiro atoms. The van der Waals surface area contributed by atoms with Gasteiger partial charge >= 0.3 is 0 Å². The van der Waals surface area contributed by atoms with Crippen LogP contribution >= 0.6 is 0 Å². The van der Waals surface area contributed by atoms with E-state index in [4.69, 9.17) is 4.74 Å². The number of sulfonamides is 1. The lowest BCUT2D eigenvalue weighted by Gasteiger charge is -2.33. The number of aromatic nitrogens is 2. The lowest BCUT2D eigenvalue weighted by molar-refractivity contribution is -0.00262. The molecule has 142 valence electrons. The second-order valence-corrected chi connectivity index (χ2v) is 8.82. The minimum atomic E-state index is -3.58. The second-order valence-electron chi connectivity index (χ2n) is 6.94. The van der Waals surface area contributed by atoms with Gasteiger partial charge in [0.2, 0.25) is 10.0 Å². The zero-order valence-corrected chi connectivity index (χ0v) is 16.9. The summed E-state index contributed by atoms with van der Waals surface area (Å²) in [6.45, 7) is 11.5. The van der Waals surface area contributed by atoms with Gasteiger partial charge in [0.15, 0.2) is 0 Å². The van der Waals surface area contributed by atoms with E-state index in [1.807, 2.05) is 51.6 Å². The molecule has 0 radical (unpaired) electrons. The molecular formula is C19H27N3O3S. The second kappa shape index (κ2) is 7.13. The van der Waals surface area contributed by atoms with E-state index in [9.17, 15) is 8.42 Å². The van der Waals surface area contributed by atoms with Gasteiger partial charge in [0.05, 0.1) is 23.8 Å². The average Bonchev–Trinajstić information content (AvgIpc) is 3.09. The lowest BCUT2D eigenvalue weighted by atomic mass is 10.0. The highest BCUT2D eigenvalue weighted by Crippen LogP contribution is 2.31. The summed E-state index contributed by atoms with van der Waals surface area (Å²) in [7, 11) is -3.58. The summed E-state index contributed by atoms with van der Waals surface area (Å²) in [5.74, 6) is 0. The van der Waals surface area contributed by atoms with Crippen LogP contribution in [-0.4, -0.2) is 42.2 Å². The highest BCUT2D eigenvalue weighted by molar-refractivity contribution is 7.89. The van der Waals surface area contributed by atoms with Crippen molar-refractivity contribution in [2.24, 2.45) is 0 Å². The monoisotopic (exact) mass is 377 g/mol. The van der Waals surface area contributed by atoms with Crippen LogP contribution in [0, 0.1) is 27.7 Å². The molecule has 2 heterocycles. The number of benzene rings is 1. The predicted molar refractivity (Wildman–Crippen MR) is 101 cm³/mol. The summed E-state index contributed by atoms with van der Waals surface area (Å²) in [6, 6.07) is 2.05. The molecule has 1 saturated heterocycles. The third-order valence-electron chi connectivity index (χ3n) is 5.27. The number of hydrogen-bond acceptors (Lipinski definition) is 4. The van der Waals surface area contributed by atoms with Gasteiger partial charge in [0.25, 0.3) is 0 Å². The van der Waals surface area contributed by atoms with Crippen LogP contribution in [0.3, 0.4) is 0 Å². The Morgan fingerprint density at radius 3 is 2.42 bits per heavy atom. The highest BCUT2D eigenvalue weighted by atomic mass is 32.2. The Bertz CT molecular complexity index is 892. The summed E-state index contributed by atoms with van der Waals surface area (Å²) in [5.41, 5.74) is 4.58. The van der Waals surface area contributed by atoms with Gasteiger partial charge < -0.3 is 4.74 Å². The van der Waals surface area contributed by atoms with Crippen molar-refractivity contribution in [3.8, 4) is 0 Å². The first-order valence-corrected chi connectivity index (χ1v) is 10.4. The summed E-state index contributed by atoms with van der Waals surface area (Å²) in [4.78, 5) is 0.444. The molecule has 0 amide bonds. The van der Waals surface area contributed by atoms with E-state index in [2.05, 4.69) is 5.10 Å². The summed E-state index contributed by atoms with van der Waals surface area (Å²) < 4.78 is 36.1. The van der Waals surface area contributed by atoms with Crippen LogP contribution in [-0.2, 0) is 21.3 Å². The van der Waals surface area contributed by atoms with Crippen molar-refractivity contribution in [3.63, 3.8) is 0 Å². The minimum absolute atomic E-state index is 0.287. The fourth-order valence-electron chi connectivity index (χ4n) is 3.46. The third-order valence-corrected chi connectivity index (χ3v) is 7.41. The topological polar surface area (TPSA) is 64.4 Å². The number of nitrogens with zero attached hydrogens (tertiary/aromatic N) is 3. The molecule has 3 rings (SSSR count). The zero-order chi connectivity index (χ0) is 19.1. The molecule has 6 nitrogen and oxygen atoms in total. The molecule has 1 fully saturated rings. The maximum absolute atomic E-state index is 13.4. The van der Waals surface area contributed by atoms with E-state index in [1.54, 1.807) is 10.5 Å². The number of rotatable bonds is 4. The molecule has 7 heteroatoms. The molecule has 2 aromatic rings. The molecule has 0 N–H and O–H groups in total. The zero-order valence-electron chi connectivity index (χ0n) is 16.1. The van der Waals surface area contributed by atoms with Gasteiger partial charge in [-0.2, -0.15) is 9.40 Å². The van der Waals surface area contributed by atoms with Gasteiger partial charge in [-0.15, -0.1) is 0 Å². The SMILES string of the molecule is CCn1cc(C2CN(S(=O)(=O)c3c(C)c(C)cc(C)c3C)CCO2)cn1. The maximum atomic E-state index is 13.4. The summed E-state index contributed by atoms with van der Waals surface area (Å²) >= 11 is 0. The van der Waals surface area contributed by atoms with Crippen molar-refractivity contribution in [1.82, 2.24) is 14.1 Å². The fourth-order valence-corrected chi connectivity index (χ4v) is 5.46. The highest BCUT2D eigenvalue weighted by Gasteiger charge is 2.34. The number of aryl methyl sites for hydroxylation is 3. The Hall–Kier alpha value is -1.70. The van der Waals surface area contributed by atoms with E-state index in [-0.39, 0.29) is 6.10 Å². The first-order valence-electron chi connectivity index (χ1n) is 8.97. The summed E-state index contributed by atoms with van der Waals surface area (Å²) in [5, 5.41) is 4.28. The first kappa shape index (κ1) is 19.1. The Morgan fingerprint density at radius 2 is 1.85 bits per heavy atom. The standard InChI is InChI=1S/C19H27N3O3S/c1-6-21-11-17(10-20-21)18-12-22(7-8-25-18)26(23,24)19-15(4)13(2)9-14(3)16(19)5/h9-11,18H,6-8,12H2,1-5H3. The van der Waals surface area contributed by atoms with Crippen molar-refractivity contribution in [3.05, 3.63) is 46.3 Å². The molecule has 1 aliphatic heterocycles. The first-order chi connectivity index (χ1) is 12.3. The van der Waals surface area contributed by atoms with Crippen molar-refractivity contribution < 1.29 is 13.2 Å². The van der Waals surface area contributed by atoms with Crippen molar-refractivity contribution >= 4 is 10.0 Å². The molecule has 0 aliphatic carbocycles. The van der Waals surface area contributed by atoms with Crippen molar-refractivity contribution in [1.29, 1.82) is 0 Å². The van der Waals surface area contributed by atoms with E-state index in [1.165, 1.54) is 0 Å².